The summed E-state index contributed by atoms with van der Waals surface area (Å²) in [7, 11) is 1.61. The first-order valence-corrected chi connectivity index (χ1v) is 8.87. The normalized spacial score (nSPS) is 10.5. The van der Waals surface area contributed by atoms with Crippen LogP contribution < -0.4 is 10.1 Å². The van der Waals surface area contributed by atoms with E-state index >= 15 is 0 Å². The van der Waals surface area contributed by atoms with Crippen molar-refractivity contribution in [2.24, 2.45) is 0 Å². The molecule has 1 amide bonds. The van der Waals surface area contributed by atoms with E-state index in [1.165, 1.54) is 6.08 Å². The third-order valence-electron chi connectivity index (χ3n) is 3.54. The van der Waals surface area contributed by atoms with Crippen molar-refractivity contribution in [1.29, 1.82) is 0 Å². The van der Waals surface area contributed by atoms with Crippen LogP contribution in [0.15, 0.2) is 59.1 Å². The molecule has 5 nitrogen and oxygen atoms in total. The number of carbonyl (C=O) groups is 2. The molecule has 1 N–H and O–H groups in total. The van der Waals surface area contributed by atoms with E-state index in [4.69, 9.17) is 9.47 Å². The van der Waals surface area contributed by atoms with E-state index in [0.717, 1.165) is 21.3 Å². The fraction of sp³-hybridized carbons (Fsp3) is 0.200. The smallest absolute Gasteiger partial charge is 0.331 e. The summed E-state index contributed by atoms with van der Waals surface area (Å²) < 4.78 is 11.1. The van der Waals surface area contributed by atoms with Gasteiger partial charge in [0, 0.05) is 17.1 Å². The third-order valence-corrected chi connectivity index (χ3v) is 4.07. The van der Waals surface area contributed by atoms with Crippen LogP contribution in [0, 0.1) is 0 Å². The standard InChI is InChI=1S/C20H20BrNO4/c1-25-18-5-3-2-4-16(18)12-13-22-19(23)14-26-20(24)11-8-15-6-9-17(21)10-7-15/h2-11H,12-14H2,1H3,(H,22,23)/b11-8+. The second kappa shape index (κ2) is 10.4. The van der Waals surface area contributed by atoms with E-state index in [1.54, 1.807) is 13.2 Å². The topological polar surface area (TPSA) is 64.6 Å². The number of carbonyl (C=O) groups excluding carboxylic acids is 2. The minimum atomic E-state index is -0.562. The molecule has 0 aromatic heterocycles. The highest BCUT2D eigenvalue weighted by Gasteiger charge is 2.06. The molecule has 0 aliphatic heterocycles. The molecule has 136 valence electrons. The van der Waals surface area contributed by atoms with E-state index in [1.807, 2.05) is 48.5 Å². The Bertz CT molecular complexity index is 772. The first-order chi connectivity index (χ1) is 12.6. The van der Waals surface area contributed by atoms with Crippen LogP contribution in [0.25, 0.3) is 6.08 Å². The third kappa shape index (κ3) is 6.72. The van der Waals surface area contributed by atoms with Gasteiger partial charge in [0.25, 0.3) is 5.91 Å². The lowest BCUT2D eigenvalue weighted by atomic mass is 10.1. The SMILES string of the molecule is COc1ccccc1CCNC(=O)COC(=O)/C=C/c1ccc(Br)cc1. The molecule has 0 aliphatic carbocycles. The minimum Gasteiger partial charge on any atom is -0.496 e. The molecule has 0 spiro atoms. The lowest BCUT2D eigenvalue weighted by Crippen LogP contribution is -2.30. The Hall–Kier alpha value is -2.60. The van der Waals surface area contributed by atoms with Crippen LogP contribution in [0.4, 0.5) is 0 Å². The van der Waals surface area contributed by atoms with Gasteiger partial charge in [0.2, 0.25) is 0 Å². The fourth-order valence-electron chi connectivity index (χ4n) is 2.22. The lowest BCUT2D eigenvalue weighted by molar-refractivity contribution is -0.143. The summed E-state index contributed by atoms with van der Waals surface area (Å²) in [5, 5.41) is 2.72. The fourth-order valence-corrected chi connectivity index (χ4v) is 2.48. The van der Waals surface area contributed by atoms with Crippen LogP contribution in [-0.2, 0) is 20.7 Å². The molecule has 0 unspecified atom stereocenters. The Morgan fingerprint density at radius 3 is 2.58 bits per heavy atom. The summed E-state index contributed by atoms with van der Waals surface area (Å²) in [5.74, 6) is -0.121. The number of hydrogen-bond donors (Lipinski definition) is 1. The number of ether oxygens (including phenoxy) is 2. The van der Waals surface area contributed by atoms with E-state index < -0.39 is 5.97 Å². The van der Waals surface area contributed by atoms with Gasteiger partial charge in [-0.3, -0.25) is 4.79 Å². The number of hydrogen-bond acceptors (Lipinski definition) is 4. The molecule has 26 heavy (non-hydrogen) atoms. The van der Waals surface area contributed by atoms with Crippen molar-refractivity contribution in [3.8, 4) is 5.75 Å². The highest BCUT2D eigenvalue weighted by molar-refractivity contribution is 9.10. The Balaban J connectivity index is 1.69. The van der Waals surface area contributed by atoms with Gasteiger partial charge in [-0.05, 0) is 41.8 Å². The summed E-state index contributed by atoms with van der Waals surface area (Å²) in [6.45, 7) is 0.126. The summed E-state index contributed by atoms with van der Waals surface area (Å²) in [6, 6.07) is 15.1. The summed E-state index contributed by atoms with van der Waals surface area (Å²) in [5.41, 5.74) is 1.87. The van der Waals surface area contributed by atoms with Gasteiger partial charge in [0.1, 0.15) is 5.75 Å². The van der Waals surface area contributed by atoms with Gasteiger partial charge >= 0.3 is 5.97 Å². The molecule has 2 aromatic carbocycles. The highest BCUT2D eigenvalue weighted by Crippen LogP contribution is 2.17. The van der Waals surface area contributed by atoms with Crippen molar-refractivity contribution in [3.05, 3.63) is 70.2 Å². The van der Waals surface area contributed by atoms with Crippen molar-refractivity contribution in [2.45, 2.75) is 6.42 Å². The van der Waals surface area contributed by atoms with E-state index in [-0.39, 0.29) is 12.5 Å². The van der Waals surface area contributed by atoms with Crippen molar-refractivity contribution in [1.82, 2.24) is 5.32 Å². The molecule has 2 aromatic rings. The Morgan fingerprint density at radius 1 is 1.12 bits per heavy atom. The van der Waals surface area contributed by atoms with Crippen LogP contribution in [0.5, 0.6) is 5.75 Å². The number of amides is 1. The zero-order valence-electron chi connectivity index (χ0n) is 14.4. The molecular weight excluding hydrogens is 398 g/mol. The van der Waals surface area contributed by atoms with E-state index in [2.05, 4.69) is 21.2 Å². The zero-order chi connectivity index (χ0) is 18.8. The number of para-hydroxylation sites is 1. The average Bonchev–Trinajstić information content (AvgIpc) is 2.66. The zero-order valence-corrected chi connectivity index (χ0v) is 16.0. The van der Waals surface area contributed by atoms with Gasteiger partial charge in [-0.1, -0.05) is 46.3 Å². The van der Waals surface area contributed by atoms with Crippen LogP contribution in [0.1, 0.15) is 11.1 Å². The Labute approximate surface area is 161 Å². The summed E-state index contributed by atoms with van der Waals surface area (Å²) in [6.07, 6.45) is 3.56. The van der Waals surface area contributed by atoms with Gasteiger partial charge < -0.3 is 14.8 Å². The van der Waals surface area contributed by atoms with Gasteiger partial charge in [0.05, 0.1) is 7.11 Å². The number of rotatable bonds is 8. The largest absolute Gasteiger partial charge is 0.496 e. The molecule has 0 fully saturated rings. The van der Waals surface area contributed by atoms with Gasteiger partial charge in [0.15, 0.2) is 6.61 Å². The monoisotopic (exact) mass is 417 g/mol. The molecule has 0 heterocycles. The number of benzene rings is 2. The summed E-state index contributed by atoms with van der Waals surface area (Å²) in [4.78, 5) is 23.4. The summed E-state index contributed by atoms with van der Waals surface area (Å²) >= 11 is 3.34. The van der Waals surface area contributed by atoms with E-state index in [0.29, 0.717) is 13.0 Å². The molecule has 0 atom stereocenters. The molecular formula is C20H20BrNO4. The molecule has 0 saturated carbocycles. The van der Waals surface area contributed by atoms with Crippen molar-refractivity contribution in [2.75, 3.05) is 20.3 Å². The molecule has 6 heteroatoms. The highest BCUT2D eigenvalue weighted by atomic mass is 79.9. The van der Waals surface area contributed by atoms with E-state index in [9.17, 15) is 9.59 Å². The van der Waals surface area contributed by atoms with Gasteiger partial charge in [-0.15, -0.1) is 0 Å². The Kier molecular flexibility index (Phi) is 7.89. The van der Waals surface area contributed by atoms with Gasteiger partial charge in [-0.25, -0.2) is 4.79 Å². The maximum absolute atomic E-state index is 11.8. The number of methoxy groups -OCH3 is 1. The first-order valence-electron chi connectivity index (χ1n) is 8.07. The number of esters is 1. The Morgan fingerprint density at radius 2 is 1.85 bits per heavy atom. The molecule has 0 radical (unpaired) electrons. The van der Waals surface area contributed by atoms with Crippen LogP contribution in [0.3, 0.4) is 0 Å². The number of nitrogens with one attached hydrogen (secondary N) is 1. The minimum absolute atomic E-state index is 0.310. The van der Waals surface area contributed by atoms with Crippen molar-refractivity contribution in [3.63, 3.8) is 0 Å². The molecule has 2 rings (SSSR count). The van der Waals surface area contributed by atoms with Crippen LogP contribution in [0.2, 0.25) is 0 Å². The maximum atomic E-state index is 11.8. The van der Waals surface area contributed by atoms with Crippen molar-refractivity contribution >= 4 is 33.9 Å². The van der Waals surface area contributed by atoms with Crippen LogP contribution in [-0.4, -0.2) is 32.1 Å². The maximum Gasteiger partial charge on any atom is 0.331 e. The molecule has 0 bridgehead atoms. The average molecular weight is 418 g/mol. The quantitative estimate of drug-likeness (QED) is 0.528. The predicted molar refractivity (Wildman–Crippen MR) is 104 cm³/mol. The van der Waals surface area contributed by atoms with Gasteiger partial charge in [-0.2, -0.15) is 0 Å². The lowest BCUT2D eigenvalue weighted by Gasteiger charge is -2.09. The van der Waals surface area contributed by atoms with Crippen LogP contribution >= 0.6 is 15.9 Å². The number of halogens is 1. The molecule has 0 saturated heterocycles. The second-order valence-corrected chi connectivity index (χ2v) is 6.32. The molecule has 0 aliphatic rings. The predicted octanol–water partition coefficient (Wildman–Crippen LogP) is 3.37. The van der Waals surface area contributed by atoms with Crippen molar-refractivity contribution < 1.29 is 19.1 Å². The first kappa shape index (κ1) is 19.7. The second-order valence-electron chi connectivity index (χ2n) is 5.40.